The maximum absolute atomic E-state index is 11.8. The third-order valence-corrected chi connectivity index (χ3v) is 5.99. The van der Waals surface area contributed by atoms with Gasteiger partial charge in [-0.3, -0.25) is 9.69 Å². The molecule has 1 saturated heterocycles. The van der Waals surface area contributed by atoms with Gasteiger partial charge in [-0.1, -0.05) is 80.4 Å². The maximum Gasteiger partial charge on any atom is 0.279 e. The van der Waals surface area contributed by atoms with Gasteiger partial charge in [-0.2, -0.15) is 0 Å². The largest absolute Gasteiger partial charge is 0.347 e. The van der Waals surface area contributed by atoms with Gasteiger partial charge in [0.1, 0.15) is 0 Å². The number of carbonyl (C=O) groups excluding carboxylic acids is 1. The number of nitrogens with one attached hydrogen (secondary N) is 1. The van der Waals surface area contributed by atoms with E-state index in [-0.39, 0.29) is 30.1 Å². The summed E-state index contributed by atoms with van der Waals surface area (Å²) in [5.41, 5.74) is 1.27. The van der Waals surface area contributed by atoms with Crippen molar-refractivity contribution in [2.75, 3.05) is 51.6 Å². The molecule has 1 amide bonds. The van der Waals surface area contributed by atoms with Crippen LogP contribution >= 0.6 is 36.6 Å². The van der Waals surface area contributed by atoms with Crippen LogP contribution in [0.3, 0.4) is 0 Å². The molecule has 0 bridgehead atoms. The molecule has 0 aliphatic carbocycles. The van der Waals surface area contributed by atoms with Crippen LogP contribution in [-0.2, 0) is 0 Å². The Balaban J connectivity index is 0.00000420. The molecule has 1 N–H and O–H groups in total. The Morgan fingerprint density at radius 3 is 2.40 bits per heavy atom. The molecule has 1 heterocycles. The van der Waals surface area contributed by atoms with Gasteiger partial charge < -0.3 is 10.2 Å². The molecule has 0 spiro atoms. The molecule has 1 aliphatic heterocycles. The van der Waals surface area contributed by atoms with Crippen molar-refractivity contribution < 1.29 is 4.79 Å². The van der Waals surface area contributed by atoms with Crippen molar-refractivity contribution in [3.05, 3.63) is 42.0 Å². The zero-order valence-corrected chi connectivity index (χ0v) is 20.7. The molecular formula is C23H39Cl2N3OS. The van der Waals surface area contributed by atoms with Crippen LogP contribution in [-0.4, -0.2) is 66.6 Å². The molecule has 0 radical (unpaired) electrons. The minimum atomic E-state index is 0. The molecule has 30 heavy (non-hydrogen) atoms. The Bertz CT molecular complexity index is 567. The van der Waals surface area contributed by atoms with E-state index in [1.807, 2.05) is 0 Å². The second-order valence-electron chi connectivity index (χ2n) is 7.43. The number of piperazine rings is 1. The van der Waals surface area contributed by atoms with Crippen LogP contribution in [0.15, 0.2) is 36.4 Å². The summed E-state index contributed by atoms with van der Waals surface area (Å²) in [6, 6.07) is 10.5. The van der Waals surface area contributed by atoms with E-state index in [2.05, 4.69) is 64.5 Å². The first kappa shape index (κ1) is 29.3. The Morgan fingerprint density at radius 1 is 1.00 bits per heavy atom. The standard InChI is InChI=1S/C23H37N3OS.2ClH/c1-2-3-4-8-14-24-23(27)28-21-10-16-26-19-17-25(18-20-26)15-9-13-22-11-6-5-7-12-22;;/h5-7,9,11-13H,2-4,8,10,14-21H2,1H3,(H,24,27);2*1H. The van der Waals surface area contributed by atoms with E-state index >= 15 is 0 Å². The van der Waals surface area contributed by atoms with Crippen molar-refractivity contribution in [2.24, 2.45) is 0 Å². The van der Waals surface area contributed by atoms with Crippen molar-refractivity contribution in [3.63, 3.8) is 0 Å². The second-order valence-corrected chi connectivity index (χ2v) is 8.50. The van der Waals surface area contributed by atoms with Crippen molar-refractivity contribution in [1.82, 2.24) is 15.1 Å². The minimum absolute atomic E-state index is 0. The van der Waals surface area contributed by atoms with E-state index in [1.54, 1.807) is 0 Å². The van der Waals surface area contributed by atoms with Gasteiger partial charge in [0.2, 0.25) is 0 Å². The van der Waals surface area contributed by atoms with Crippen LogP contribution in [0.4, 0.5) is 4.79 Å². The summed E-state index contributed by atoms with van der Waals surface area (Å²) >= 11 is 1.44. The zero-order chi connectivity index (χ0) is 19.9. The van der Waals surface area contributed by atoms with Crippen LogP contribution in [0.5, 0.6) is 0 Å². The van der Waals surface area contributed by atoms with E-state index in [0.717, 1.165) is 64.4 Å². The fourth-order valence-corrected chi connectivity index (χ4v) is 4.01. The molecule has 1 fully saturated rings. The Morgan fingerprint density at radius 2 is 1.70 bits per heavy atom. The summed E-state index contributed by atoms with van der Waals surface area (Å²) < 4.78 is 0. The number of thioether (sulfide) groups is 1. The van der Waals surface area contributed by atoms with E-state index < -0.39 is 0 Å². The first-order valence-electron chi connectivity index (χ1n) is 10.8. The highest BCUT2D eigenvalue weighted by Crippen LogP contribution is 2.08. The molecule has 1 aromatic carbocycles. The lowest BCUT2D eigenvalue weighted by Crippen LogP contribution is -2.46. The smallest absolute Gasteiger partial charge is 0.279 e. The zero-order valence-electron chi connectivity index (χ0n) is 18.3. The molecule has 0 unspecified atom stereocenters. The number of rotatable bonds is 12. The van der Waals surface area contributed by atoms with Crippen molar-refractivity contribution in [3.8, 4) is 0 Å². The van der Waals surface area contributed by atoms with Gasteiger partial charge in [0.05, 0.1) is 0 Å². The summed E-state index contributed by atoms with van der Waals surface area (Å²) in [6.07, 6.45) is 10.4. The van der Waals surface area contributed by atoms with Gasteiger partial charge in [0.25, 0.3) is 5.24 Å². The van der Waals surface area contributed by atoms with Crippen LogP contribution < -0.4 is 5.32 Å². The summed E-state index contributed by atoms with van der Waals surface area (Å²) in [5, 5.41) is 3.16. The molecule has 1 aromatic rings. The predicted molar refractivity (Wildman–Crippen MR) is 137 cm³/mol. The molecular weight excluding hydrogens is 437 g/mol. The van der Waals surface area contributed by atoms with Gasteiger partial charge >= 0.3 is 0 Å². The number of hydrogen-bond acceptors (Lipinski definition) is 4. The average molecular weight is 477 g/mol. The predicted octanol–water partition coefficient (Wildman–Crippen LogP) is 5.57. The Labute approximate surface area is 200 Å². The number of unbranched alkanes of at least 4 members (excludes halogenated alkanes) is 3. The topological polar surface area (TPSA) is 35.6 Å². The molecule has 0 saturated carbocycles. The first-order chi connectivity index (χ1) is 13.8. The highest BCUT2D eigenvalue weighted by Gasteiger charge is 2.15. The molecule has 1 aliphatic rings. The van der Waals surface area contributed by atoms with Gasteiger partial charge in [-0.15, -0.1) is 24.8 Å². The highest BCUT2D eigenvalue weighted by molar-refractivity contribution is 8.13. The van der Waals surface area contributed by atoms with Crippen molar-refractivity contribution in [2.45, 2.75) is 39.0 Å². The summed E-state index contributed by atoms with van der Waals surface area (Å²) in [4.78, 5) is 16.8. The fraction of sp³-hybridized carbons (Fsp3) is 0.609. The number of nitrogens with zero attached hydrogens (tertiary/aromatic N) is 2. The van der Waals surface area contributed by atoms with Gasteiger partial charge in [-0.05, 0) is 24.9 Å². The van der Waals surface area contributed by atoms with Gasteiger partial charge in [0, 0.05) is 45.0 Å². The van der Waals surface area contributed by atoms with Gasteiger partial charge in [0.15, 0.2) is 0 Å². The first-order valence-corrected chi connectivity index (χ1v) is 11.8. The summed E-state index contributed by atoms with van der Waals surface area (Å²) in [7, 11) is 0. The number of amides is 1. The third-order valence-electron chi connectivity index (χ3n) is 5.09. The molecule has 2 rings (SSSR count). The molecule has 4 nitrogen and oxygen atoms in total. The van der Waals surface area contributed by atoms with E-state index in [0.29, 0.717) is 0 Å². The number of benzene rings is 1. The summed E-state index contributed by atoms with van der Waals surface area (Å²) in [6.45, 7) is 9.68. The number of carbonyl (C=O) groups is 1. The Kier molecular flexibility index (Phi) is 18.5. The lowest BCUT2D eigenvalue weighted by Gasteiger charge is -2.34. The summed E-state index contributed by atoms with van der Waals surface area (Å²) in [5.74, 6) is 0.917. The highest BCUT2D eigenvalue weighted by atomic mass is 35.5. The maximum atomic E-state index is 11.8. The van der Waals surface area contributed by atoms with Crippen molar-refractivity contribution in [1.29, 1.82) is 0 Å². The molecule has 7 heteroatoms. The molecule has 0 atom stereocenters. The normalized spacial score (nSPS) is 14.8. The Hall–Kier alpha value is -0.720. The lowest BCUT2D eigenvalue weighted by atomic mass is 10.2. The second kappa shape index (κ2) is 19.0. The van der Waals surface area contributed by atoms with Crippen LogP contribution in [0, 0.1) is 0 Å². The lowest BCUT2D eigenvalue weighted by molar-refractivity contribution is 0.143. The quantitative estimate of drug-likeness (QED) is 0.400. The van der Waals surface area contributed by atoms with Crippen LogP contribution in [0.25, 0.3) is 6.08 Å². The SMILES string of the molecule is CCCCCCNC(=O)SCCCN1CCN(CC=Cc2ccccc2)CC1.Cl.Cl. The van der Waals surface area contributed by atoms with Crippen LogP contribution in [0.2, 0.25) is 0 Å². The monoisotopic (exact) mass is 475 g/mol. The average Bonchev–Trinajstić information content (AvgIpc) is 2.73. The molecule has 172 valence electrons. The fourth-order valence-electron chi connectivity index (χ4n) is 3.34. The third kappa shape index (κ3) is 13.6. The van der Waals surface area contributed by atoms with Crippen molar-refractivity contribution >= 4 is 47.9 Å². The van der Waals surface area contributed by atoms with E-state index in [1.165, 1.54) is 36.6 Å². The van der Waals surface area contributed by atoms with E-state index in [9.17, 15) is 4.79 Å². The molecule has 0 aromatic heterocycles. The number of hydrogen-bond donors (Lipinski definition) is 1. The van der Waals surface area contributed by atoms with Gasteiger partial charge in [-0.25, -0.2) is 0 Å². The van der Waals surface area contributed by atoms with E-state index in [4.69, 9.17) is 0 Å². The number of halogens is 2. The van der Waals surface area contributed by atoms with Crippen LogP contribution in [0.1, 0.15) is 44.6 Å². The minimum Gasteiger partial charge on any atom is -0.347 e.